The lowest BCUT2D eigenvalue weighted by atomic mass is 9.74. The number of hydrogen-bond donors (Lipinski definition) is 2. The summed E-state index contributed by atoms with van der Waals surface area (Å²) in [6, 6.07) is 7.85. The normalized spacial score (nSPS) is 24.2. The van der Waals surface area contributed by atoms with Crippen molar-refractivity contribution in [3.63, 3.8) is 0 Å². The van der Waals surface area contributed by atoms with Gasteiger partial charge in [0.2, 0.25) is 5.91 Å². The van der Waals surface area contributed by atoms with Crippen LogP contribution in [0.2, 0.25) is 0 Å². The van der Waals surface area contributed by atoms with E-state index in [9.17, 15) is 4.79 Å². The van der Waals surface area contributed by atoms with Gasteiger partial charge in [-0.25, -0.2) is 0 Å². The first-order chi connectivity index (χ1) is 8.72. The third-order valence-corrected chi connectivity index (χ3v) is 3.72. The van der Waals surface area contributed by atoms with E-state index in [0.29, 0.717) is 13.0 Å². The van der Waals surface area contributed by atoms with Gasteiger partial charge >= 0.3 is 0 Å². The van der Waals surface area contributed by atoms with E-state index in [4.69, 9.17) is 10.5 Å². The predicted octanol–water partition coefficient (Wildman–Crippen LogP) is 1.19. The van der Waals surface area contributed by atoms with Gasteiger partial charge in [0.05, 0.1) is 7.11 Å². The van der Waals surface area contributed by atoms with Crippen molar-refractivity contribution in [2.24, 2.45) is 5.73 Å². The van der Waals surface area contributed by atoms with Crippen molar-refractivity contribution >= 4 is 5.91 Å². The van der Waals surface area contributed by atoms with E-state index >= 15 is 0 Å². The Kier molecular flexibility index (Phi) is 3.87. The third kappa shape index (κ3) is 2.34. The molecule has 1 aliphatic rings. The van der Waals surface area contributed by atoms with Gasteiger partial charge in [-0.05, 0) is 18.9 Å². The number of carbonyl (C=O) groups is 1. The molecule has 1 aromatic carbocycles. The fourth-order valence-corrected chi connectivity index (χ4v) is 2.71. The van der Waals surface area contributed by atoms with Crippen molar-refractivity contribution in [1.29, 1.82) is 0 Å². The van der Waals surface area contributed by atoms with Crippen LogP contribution >= 0.6 is 0 Å². The molecule has 1 saturated heterocycles. The number of nitrogens with two attached hydrogens (primary N) is 1. The Hall–Kier alpha value is -1.55. The standard InChI is InChI=1S/C14H20N2O2/c1-18-12-6-3-2-5-11(12)14(10-15)7-4-8-16-13(17)9-14/h2-3,5-6H,4,7-10,15H2,1H3,(H,16,17). The first-order valence-corrected chi connectivity index (χ1v) is 6.32. The quantitative estimate of drug-likeness (QED) is 0.844. The van der Waals surface area contributed by atoms with Crippen LogP contribution in [0.25, 0.3) is 0 Å². The van der Waals surface area contributed by atoms with Gasteiger partial charge in [-0.15, -0.1) is 0 Å². The molecule has 1 fully saturated rings. The molecule has 4 heteroatoms. The molecular formula is C14H20N2O2. The zero-order chi connectivity index (χ0) is 13.0. The maximum Gasteiger partial charge on any atom is 0.220 e. The van der Waals surface area contributed by atoms with Crippen LogP contribution in [0.4, 0.5) is 0 Å². The largest absolute Gasteiger partial charge is 0.496 e. The Bertz CT molecular complexity index is 434. The number of rotatable bonds is 3. The molecule has 1 unspecified atom stereocenters. The lowest BCUT2D eigenvalue weighted by Gasteiger charge is -2.32. The summed E-state index contributed by atoms with van der Waals surface area (Å²) in [5, 5.41) is 2.91. The smallest absolute Gasteiger partial charge is 0.220 e. The molecule has 1 aliphatic heterocycles. The second-order valence-electron chi connectivity index (χ2n) is 4.82. The van der Waals surface area contributed by atoms with Gasteiger partial charge < -0.3 is 15.8 Å². The number of carbonyl (C=O) groups excluding carboxylic acids is 1. The molecule has 0 bridgehead atoms. The second kappa shape index (κ2) is 5.40. The van der Waals surface area contributed by atoms with Crippen molar-refractivity contribution < 1.29 is 9.53 Å². The van der Waals surface area contributed by atoms with Crippen LogP contribution < -0.4 is 15.8 Å². The number of hydrogen-bond acceptors (Lipinski definition) is 3. The molecular weight excluding hydrogens is 228 g/mol. The Balaban J connectivity index is 2.44. The molecule has 2 rings (SSSR count). The molecule has 1 atom stereocenters. The summed E-state index contributed by atoms with van der Waals surface area (Å²) in [4.78, 5) is 11.8. The van der Waals surface area contributed by atoms with Crippen LogP contribution in [0.1, 0.15) is 24.8 Å². The SMILES string of the molecule is COc1ccccc1C1(CN)CCCNC(=O)C1. The molecule has 18 heavy (non-hydrogen) atoms. The van der Waals surface area contributed by atoms with Crippen LogP contribution in [0, 0.1) is 0 Å². The van der Waals surface area contributed by atoms with Gasteiger partial charge in [-0.3, -0.25) is 4.79 Å². The monoisotopic (exact) mass is 248 g/mol. The summed E-state index contributed by atoms with van der Waals surface area (Å²) in [5.41, 5.74) is 6.74. The van der Waals surface area contributed by atoms with Crippen molar-refractivity contribution in [3.05, 3.63) is 29.8 Å². The Morgan fingerprint density at radius 3 is 2.94 bits per heavy atom. The molecule has 0 aromatic heterocycles. The van der Waals surface area contributed by atoms with E-state index in [-0.39, 0.29) is 11.3 Å². The summed E-state index contributed by atoms with van der Waals surface area (Å²) >= 11 is 0. The second-order valence-corrected chi connectivity index (χ2v) is 4.82. The Morgan fingerprint density at radius 2 is 2.22 bits per heavy atom. The van der Waals surface area contributed by atoms with E-state index in [1.54, 1.807) is 7.11 Å². The highest BCUT2D eigenvalue weighted by Crippen LogP contribution is 2.38. The number of para-hydroxylation sites is 1. The number of ether oxygens (including phenoxy) is 1. The molecule has 0 saturated carbocycles. The minimum absolute atomic E-state index is 0.0730. The van der Waals surface area contributed by atoms with E-state index in [1.807, 2.05) is 24.3 Å². The number of benzene rings is 1. The molecule has 98 valence electrons. The summed E-state index contributed by atoms with van der Waals surface area (Å²) in [6.45, 7) is 1.19. The highest BCUT2D eigenvalue weighted by molar-refractivity contribution is 5.78. The van der Waals surface area contributed by atoms with Crippen LogP contribution in [0.5, 0.6) is 5.75 Å². The van der Waals surface area contributed by atoms with Crippen molar-refractivity contribution in [1.82, 2.24) is 5.32 Å². The van der Waals surface area contributed by atoms with Crippen LogP contribution in [-0.2, 0) is 10.2 Å². The number of amides is 1. The van der Waals surface area contributed by atoms with Gasteiger partial charge in [0.1, 0.15) is 5.75 Å². The van der Waals surface area contributed by atoms with Gasteiger partial charge in [0.25, 0.3) is 0 Å². The van der Waals surface area contributed by atoms with Gasteiger partial charge in [0.15, 0.2) is 0 Å². The summed E-state index contributed by atoms with van der Waals surface area (Å²) in [6.07, 6.45) is 2.29. The molecule has 3 N–H and O–H groups in total. The summed E-state index contributed by atoms with van der Waals surface area (Å²) < 4.78 is 5.41. The molecule has 1 heterocycles. The number of nitrogens with one attached hydrogen (secondary N) is 1. The zero-order valence-electron chi connectivity index (χ0n) is 10.7. The van der Waals surface area contributed by atoms with E-state index in [2.05, 4.69) is 5.32 Å². The van der Waals surface area contributed by atoms with Gasteiger partial charge in [0, 0.05) is 30.5 Å². The fourth-order valence-electron chi connectivity index (χ4n) is 2.71. The van der Waals surface area contributed by atoms with Gasteiger partial charge in [-0.2, -0.15) is 0 Å². The van der Waals surface area contributed by atoms with Crippen molar-refractivity contribution in [2.45, 2.75) is 24.7 Å². The average molecular weight is 248 g/mol. The molecule has 1 amide bonds. The molecule has 1 aromatic rings. The van der Waals surface area contributed by atoms with Crippen molar-refractivity contribution in [2.75, 3.05) is 20.2 Å². The number of methoxy groups -OCH3 is 1. The summed E-state index contributed by atoms with van der Waals surface area (Å²) in [5.74, 6) is 0.890. The van der Waals surface area contributed by atoms with Crippen LogP contribution in [0.3, 0.4) is 0 Å². The molecule has 0 aliphatic carbocycles. The first kappa shape index (κ1) is 12.9. The fraction of sp³-hybridized carbons (Fsp3) is 0.500. The lowest BCUT2D eigenvalue weighted by molar-refractivity contribution is -0.121. The van der Waals surface area contributed by atoms with E-state index in [1.165, 1.54) is 0 Å². The highest BCUT2D eigenvalue weighted by Gasteiger charge is 2.36. The van der Waals surface area contributed by atoms with Crippen LogP contribution in [0.15, 0.2) is 24.3 Å². The third-order valence-electron chi connectivity index (χ3n) is 3.72. The molecule has 0 spiro atoms. The minimum Gasteiger partial charge on any atom is -0.496 e. The average Bonchev–Trinajstić information content (AvgIpc) is 2.61. The highest BCUT2D eigenvalue weighted by atomic mass is 16.5. The topological polar surface area (TPSA) is 64.3 Å². The minimum atomic E-state index is -0.298. The predicted molar refractivity (Wildman–Crippen MR) is 70.6 cm³/mol. The first-order valence-electron chi connectivity index (χ1n) is 6.32. The van der Waals surface area contributed by atoms with Gasteiger partial charge in [-0.1, -0.05) is 18.2 Å². The van der Waals surface area contributed by atoms with Crippen molar-refractivity contribution in [3.8, 4) is 5.75 Å². The van der Waals surface area contributed by atoms with E-state index < -0.39 is 0 Å². The Labute approximate surface area is 108 Å². The molecule has 0 radical (unpaired) electrons. The zero-order valence-corrected chi connectivity index (χ0v) is 10.7. The summed E-state index contributed by atoms with van der Waals surface area (Å²) in [7, 11) is 1.65. The molecule has 4 nitrogen and oxygen atoms in total. The Morgan fingerprint density at radius 1 is 1.44 bits per heavy atom. The van der Waals surface area contributed by atoms with Crippen LogP contribution in [-0.4, -0.2) is 26.1 Å². The van der Waals surface area contributed by atoms with E-state index in [0.717, 1.165) is 30.7 Å². The maximum atomic E-state index is 11.8. The lowest BCUT2D eigenvalue weighted by Crippen LogP contribution is -2.38. The maximum absolute atomic E-state index is 11.8.